The Balaban J connectivity index is 2.94. The minimum absolute atomic E-state index is 0.214. The number of aromatic nitrogens is 1. The van der Waals surface area contributed by atoms with Crippen molar-refractivity contribution in [2.24, 2.45) is 0 Å². The highest BCUT2D eigenvalue weighted by molar-refractivity contribution is 14.2. The molecule has 0 aliphatic carbocycles. The van der Waals surface area contributed by atoms with E-state index in [0.717, 1.165) is 22.7 Å². The molecule has 4 nitrogen and oxygen atoms in total. The fourth-order valence-electron chi connectivity index (χ4n) is 2.08. The van der Waals surface area contributed by atoms with Gasteiger partial charge in [-0.25, -0.2) is 8.42 Å². The predicted molar refractivity (Wildman–Crippen MR) is 82.7 cm³/mol. The van der Waals surface area contributed by atoms with Gasteiger partial charge in [0.15, 0.2) is 9.84 Å². The molecule has 7 heteroatoms. The van der Waals surface area contributed by atoms with Gasteiger partial charge in [0.1, 0.15) is 0 Å². The second-order valence-electron chi connectivity index (χ2n) is 4.07. The summed E-state index contributed by atoms with van der Waals surface area (Å²) in [6.07, 6.45) is 3.04. The van der Waals surface area contributed by atoms with E-state index in [4.69, 9.17) is 0 Å². The number of hydrogen-bond donors (Lipinski definition) is 1. The monoisotopic (exact) mass is 397 g/mol. The van der Waals surface area contributed by atoms with Gasteiger partial charge in [0.25, 0.3) is 0 Å². The van der Waals surface area contributed by atoms with E-state index in [1.165, 1.54) is 9.12 Å². The minimum atomic E-state index is -3.33. The van der Waals surface area contributed by atoms with Crippen molar-refractivity contribution in [3.63, 3.8) is 0 Å². The molecule has 0 aliphatic heterocycles. The number of aryl methyl sites for hydroxylation is 1. The SMILES string of the molecule is Cc1cc(S(C)(=O)=O)c(CO)c2ccn(SI)c12. The molecule has 98 valence electrons. The average Bonchev–Trinajstić information content (AvgIpc) is 2.72. The van der Waals surface area contributed by atoms with Crippen molar-refractivity contribution < 1.29 is 13.5 Å². The summed E-state index contributed by atoms with van der Waals surface area (Å²) in [5.41, 5.74) is 2.31. The van der Waals surface area contributed by atoms with Gasteiger partial charge in [-0.3, -0.25) is 3.97 Å². The Morgan fingerprint density at radius 1 is 1.50 bits per heavy atom. The molecule has 0 saturated carbocycles. The van der Waals surface area contributed by atoms with Crippen LogP contribution in [0.2, 0.25) is 0 Å². The second-order valence-corrected chi connectivity index (χ2v) is 7.77. The van der Waals surface area contributed by atoms with Gasteiger partial charge in [-0.15, -0.1) is 0 Å². The summed E-state index contributed by atoms with van der Waals surface area (Å²) >= 11 is 2.16. The van der Waals surface area contributed by atoms with E-state index >= 15 is 0 Å². The van der Waals surface area contributed by atoms with Crippen molar-refractivity contribution >= 4 is 51.1 Å². The van der Waals surface area contributed by atoms with Crippen molar-refractivity contribution in [3.05, 3.63) is 29.5 Å². The van der Waals surface area contributed by atoms with Crippen LogP contribution in [0.3, 0.4) is 0 Å². The van der Waals surface area contributed by atoms with Crippen molar-refractivity contribution in [2.45, 2.75) is 18.4 Å². The van der Waals surface area contributed by atoms with E-state index in [9.17, 15) is 13.5 Å². The number of rotatable bonds is 3. The normalized spacial score (nSPS) is 12.2. The Kier molecular flexibility index (Phi) is 3.96. The largest absolute Gasteiger partial charge is 0.392 e. The van der Waals surface area contributed by atoms with E-state index in [0.29, 0.717) is 5.56 Å². The van der Waals surface area contributed by atoms with Crippen LogP contribution in [0.4, 0.5) is 0 Å². The average molecular weight is 397 g/mol. The van der Waals surface area contributed by atoms with Crippen LogP contribution in [-0.2, 0) is 16.4 Å². The molecule has 1 aromatic carbocycles. The summed E-state index contributed by atoms with van der Waals surface area (Å²) in [5.74, 6) is 0. The summed E-state index contributed by atoms with van der Waals surface area (Å²) in [4.78, 5) is 0.214. The van der Waals surface area contributed by atoms with Gasteiger partial charge in [-0.2, -0.15) is 0 Å². The minimum Gasteiger partial charge on any atom is -0.392 e. The van der Waals surface area contributed by atoms with Gasteiger partial charge in [0.2, 0.25) is 0 Å². The van der Waals surface area contributed by atoms with Crippen LogP contribution >= 0.6 is 30.3 Å². The number of benzene rings is 1. The van der Waals surface area contributed by atoms with Crippen LogP contribution in [0.1, 0.15) is 11.1 Å². The Morgan fingerprint density at radius 2 is 2.17 bits per heavy atom. The van der Waals surface area contributed by atoms with Gasteiger partial charge in [-0.1, -0.05) is 0 Å². The predicted octanol–water partition coefficient (Wildman–Crippen LogP) is 2.69. The summed E-state index contributed by atoms with van der Waals surface area (Å²) in [6.45, 7) is 1.59. The lowest BCUT2D eigenvalue weighted by Crippen LogP contribution is -2.04. The van der Waals surface area contributed by atoms with Crippen molar-refractivity contribution in [3.8, 4) is 0 Å². The van der Waals surface area contributed by atoms with Crippen molar-refractivity contribution in [1.29, 1.82) is 0 Å². The molecular weight excluding hydrogens is 385 g/mol. The zero-order valence-corrected chi connectivity index (χ0v) is 13.6. The van der Waals surface area contributed by atoms with E-state index in [1.54, 1.807) is 6.07 Å². The summed E-state index contributed by atoms with van der Waals surface area (Å²) in [7, 11) is -1.83. The van der Waals surface area contributed by atoms with E-state index in [-0.39, 0.29) is 11.5 Å². The third-order valence-corrected chi connectivity index (χ3v) is 5.72. The molecule has 2 rings (SSSR count). The first-order chi connectivity index (χ1) is 8.40. The smallest absolute Gasteiger partial charge is 0.175 e. The molecule has 1 N–H and O–H groups in total. The van der Waals surface area contributed by atoms with Gasteiger partial charge < -0.3 is 5.11 Å². The number of aliphatic hydroxyl groups excluding tert-OH is 1. The highest BCUT2D eigenvalue weighted by Gasteiger charge is 2.19. The third-order valence-electron chi connectivity index (χ3n) is 2.83. The number of aliphatic hydroxyl groups is 1. The van der Waals surface area contributed by atoms with E-state index in [2.05, 4.69) is 21.2 Å². The van der Waals surface area contributed by atoms with Gasteiger partial charge >= 0.3 is 0 Å². The quantitative estimate of drug-likeness (QED) is 0.810. The molecule has 0 fully saturated rings. The fraction of sp³-hybridized carbons (Fsp3) is 0.273. The summed E-state index contributed by atoms with van der Waals surface area (Å²) < 4.78 is 25.5. The summed E-state index contributed by atoms with van der Waals surface area (Å²) in [5, 5.41) is 10.3. The Labute approximate surface area is 122 Å². The first-order valence-electron chi connectivity index (χ1n) is 5.13. The first kappa shape index (κ1) is 14.2. The molecule has 1 aromatic heterocycles. The molecule has 0 radical (unpaired) electrons. The number of hydrogen-bond acceptors (Lipinski definition) is 4. The lowest BCUT2D eigenvalue weighted by molar-refractivity contribution is 0.280. The topological polar surface area (TPSA) is 59.3 Å². The molecule has 0 aliphatic rings. The highest BCUT2D eigenvalue weighted by atomic mass is 127. The molecule has 2 aromatic rings. The van der Waals surface area contributed by atoms with Gasteiger partial charge in [0.05, 0.1) is 17.0 Å². The second kappa shape index (κ2) is 5.03. The maximum Gasteiger partial charge on any atom is 0.175 e. The lowest BCUT2D eigenvalue weighted by Gasteiger charge is -2.11. The first-order valence-corrected chi connectivity index (χ1v) is 10.3. The number of sulfone groups is 1. The van der Waals surface area contributed by atoms with Crippen LogP contribution < -0.4 is 0 Å². The maximum atomic E-state index is 11.8. The molecule has 0 amide bonds. The Morgan fingerprint density at radius 3 is 2.67 bits per heavy atom. The summed E-state index contributed by atoms with van der Waals surface area (Å²) in [6, 6.07) is 3.47. The van der Waals surface area contributed by atoms with Gasteiger partial charge in [0, 0.05) is 53.7 Å². The van der Waals surface area contributed by atoms with E-state index < -0.39 is 9.84 Å². The van der Waals surface area contributed by atoms with Crippen LogP contribution in [0.15, 0.2) is 23.2 Å². The fourth-order valence-corrected chi connectivity index (χ4v) is 4.50. The van der Waals surface area contributed by atoms with E-state index in [1.807, 2.05) is 23.2 Å². The van der Waals surface area contributed by atoms with Crippen LogP contribution in [0.25, 0.3) is 10.9 Å². The molecule has 0 atom stereocenters. The highest BCUT2D eigenvalue weighted by Crippen LogP contribution is 2.33. The van der Waals surface area contributed by atoms with Crippen LogP contribution in [0.5, 0.6) is 0 Å². The Bertz CT molecular complexity index is 707. The standard InChI is InChI=1S/C11H12INO3S2/c1-7-5-10(18(2,15)16)9(6-14)8-3-4-13(17-12)11(7)8/h3-5,14H,6H2,1-2H3. The molecule has 0 unspecified atom stereocenters. The molecule has 0 bridgehead atoms. The lowest BCUT2D eigenvalue weighted by atomic mass is 10.1. The maximum absolute atomic E-state index is 11.8. The van der Waals surface area contributed by atoms with Crippen LogP contribution in [-0.4, -0.2) is 23.8 Å². The van der Waals surface area contributed by atoms with Crippen molar-refractivity contribution in [1.82, 2.24) is 3.97 Å². The zero-order valence-electron chi connectivity index (χ0n) is 9.84. The molecule has 1 heterocycles. The Hall–Kier alpha value is -0.250. The zero-order chi connectivity index (χ0) is 13.5. The van der Waals surface area contributed by atoms with Gasteiger partial charge in [-0.05, 0) is 24.6 Å². The number of nitrogens with zero attached hydrogens (tertiary/aromatic N) is 1. The number of halogens is 1. The molecule has 0 spiro atoms. The van der Waals surface area contributed by atoms with Crippen molar-refractivity contribution in [2.75, 3.05) is 6.26 Å². The number of fused-ring (bicyclic) bond motifs is 1. The molecule has 18 heavy (non-hydrogen) atoms. The molecule has 0 saturated heterocycles. The third kappa shape index (κ3) is 2.28. The molecular formula is C11H12INO3S2. The van der Waals surface area contributed by atoms with Crippen LogP contribution in [0, 0.1) is 6.92 Å².